The predicted molar refractivity (Wildman–Crippen MR) is 71.6 cm³/mol. The van der Waals surface area contributed by atoms with Gasteiger partial charge in [-0.2, -0.15) is 0 Å². The van der Waals surface area contributed by atoms with Crippen LogP contribution < -0.4 is 4.90 Å². The van der Waals surface area contributed by atoms with Crippen LogP contribution in [0.25, 0.3) is 0 Å². The van der Waals surface area contributed by atoms with E-state index in [-0.39, 0.29) is 11.8 Å². The average Bonchev–Trinajstić information content (AvgIpc) is 2.91. The van der Waals surface area contributed by atoms with Crippen molar-refractivity contribution in [1.29, 1.82) is 0 Å². The van der Waals surface area contributed by atoms with Crippen molar-refractivity contribution in [3.8, 4) is 0 Å². The molecule has 2 rings (SSSR count). The third kappa shape index (κ3) is 2.24. The number of anilines is 1. The number of halogens is 1. The Bertz CT molecular complexity index is 486. The number of amides is 1. The molecule has 1 unspecified atom stereocenters. The van der Waals surface area contributed by atoms with Crippen molar-refractivity contribution in [1.82, 2.24) is 0 Å². The van der Waals surface area contributed by atoms with Crippen LogP contribution in [-0.2, 0) is 9.53 Å². The molecular weight excluding hydrogens is 274 g/mol. The lowest BCUT2D eigenvalue weighted by Crippen LogP contribution is -2.25. The normalized spacial score (nSPS) is 19.4. The van der Waals surface area contributed by atoms with Gasteiger partial charge in [0.2, 0.25) is 5.91 Å². The number of aryl methyl sites for hydroxylation is 1. The fraction of sp³-hybridized carbons (Fsp3) is 0.500. The highest BCUT2D eigenvalue weighted by molar-refractivity contribution is 7.15. The standard InChI is InChI=1S/C12H14ClNO3S/c1-7-6-18-11(10(7)12(16)17-2)14-5-8(4-13)3-9(14)15/h6,8H,3-5H2,1-2H3. The minimum absolute atomic E-state index is 0.0210. The molecule has 2 heterocycles. The predicted octanol–water partition coefficient (Wildman–Crippen LogP) is 2.43. The van der Waals surface area contributed by atoms with Gasteiger partial charge < -0.3 is 9.64 Å². The van der Waals surface area contributed by atoms with Crippen molar-refractivity contribution in [2.75, 3.05) is 24.4 Å². The van der Waals surface area contributed by atoms with Gasteiger partial charge in [0.15, 0.2) is 0 Å². The Morgan fingerprint density at radius 1 is 1.67 bits per heavy atom. The van der Waals surface area contributed by atoms with E-state index in [9.17, 15) is 9.59 Å². The maximum absolute atomic E-state index is 11.9. The topological polar surface area (TPSA) is 46.6 Å². The first-order valence-corrected chi connectivity index (χ1v) is 7.02. The summed E-state index contributed by atoms with van der Waals surface area (Å²) < 4.78 is 4.77. The molecule has 0 bridgehead atoms. The third-order valence-electron chi connectivity index (χ3n) is 3.01. The number of esters is 1. The highest BCUT2D eigenvalue weighted by atomic mass is 35.5. The molecule has 1 saturated heterocycles. The van der Waals surface area contributed by atoms with Crippen LogP contribution in [0.2, 0.25) is 0 Å². The molecule has 1 atom stereocenters. The van der Waals surface area contributed by atoms with Gasteiger partial charge in [0.1, 0.15) is 5.00 Å². The molecule has 4 nitrogen and oxygen atoms in total. The van der Waals surface area contributed by atoms with Crippen LogP contribution in [0.15, 0.2) is 5.38 Å². The summed E-state index contributed by atoms with van der Waals surface area (Å²) in [6.45, 7) is 2.41. The Morgan fingerprint density at radius 3 is 2.94 bits per heavy atom. The van der Waals surface area contributed by atoms with E-state index in [0.717, 1.165) is 5.56 Å². The van der Waals surface area contributed by atoms with E-state index in [0.29, 0.717) is 29.4 Å². The number of thiophene rings is 1. The molecule has 1 aromatic heterocycles. The minimum Gasteiger partial charge on any atom is -0.465 e. The Labute approximate surface area is 114 Å². The van der Waals surface area contributed by atoms with E-state index < -0.39 is 5.97 Å². The van der Waals surface area contributed by atoms with Crippen LogP contribution >= 0.6 is 22.9 Å². The number of methoxy groups -OCH3 is 1. The summed E-state index contributed by atoms with van der Waals surface area (Å²) in [4.78, 5) is 25.3. The first-order chi connectivity index (χ1) is 8.58. The number of hydrogen-bond acceptors (Lipinski definition) is 4. The molecule has 0 N–H and O–H groups in total. The molecule has 0 aliphatic carbocycles. The molecule has 1 amide bonds. The van der Waals surface area contributed by atoms with Crippen LogP contribution in [0, 0.1) is 12.8 Å². The van der Waals surface area contributed by atoms with Crippen molar-refractivity contribution in [2.24, 2.45) is 5.92 Å². The maximum Gasteiger partial charge on any atom is 0.341 e. The molecule has 0 aromatic carbocycles. The average molecular weight is 288 g/mol. The number of ether oxygens (including phenoxy) is 1. The lowest BCUT2D eigenvalue weighted by atomic mass is 10.1. The van der Waals surface area contributed by atoms with Gasteiger partial charge in [-0.3, -0.25) is 4.79 Å². The summed E-state index contributed by atoms with van der Waals surface area (Å²) in [5.74, 6) is 0.241. The van der Waals surface area contributed by atoms with Crippen LogP contribution in [-0.4, -0.2) is 31.4 Å². The molecule has 98 valence electrons. The number of rotatable bonds is 3. The molecule has 1 aliphatic heterocycles. The van der Waals surface area contributed by atoms with E-state index in [1.165, 1.54) is 18.4 Å². The van der Waals surface area contributed by atoms with Gasteiger partial charge in [0.05, 0.1) is 12.7 Å². The summed E-state index contributed by atoms with van der Waals surface area (Å²) in [6.07, 6.45) is 0.445. The molecule has 1 fully saturated rings. The van der Waals surface area contributed by atoms with Crippen molar-refractivity contribution in [3.05, 3.63) is 16.5 Å². The number of hydrogen-bond donors (Lipinski definition) is 0. The van der Waals surface area contributed by atoms with Gasteiger partial charge in [-0.1, -0.05) is 0 Å². The van der Waals surface area contributed by atoms with Gasteiger partial charge >= 0.3 is 5.97 Å². The van der Waals surface area contributed by atoms with Crippen molar-refractivity contribution >= 4 is 39.8 Å². The number of nitrogens with zero attached hydrogens (tertiary/aromatic N) is 1. The van der Waals surface area contributed by atoms with E-state index in [2.05, 4.69) is 0 Å². The van der Waals surface area contributed by atoms with Gasteiger partial charge in [-0.25, -0.2) is 4.79 Å². The molecule has 6 heteroatoms. The smallest absolute Gasteiger partial charge is 0.341 e. The zero-order valence-electron chi connectivity index (χ0n) is 10.2. The van der Waals surface area contributed by atoms with Crippen LogP contribution in [0.3, 0.4) is 0 Å². The quantitative estimate of drug-likeness (QED) is 0.634. The second-order valence-corrected chi connectivity index (χ2v) is 5.49. The molecule has 18 heavy (non-hydrogen) atoms. The molecule has 1 aromatic rings. The van der Waals surface area contributed by atoms with Crippen LogP contribution in [0.4, 0.5) is 5.00 Å². The second kappa shape index (κ2) is 5.28. The Hall–Kier alpha value is -1.07. The molecule has 0 spiro atoms. The third-order valence-corrected chi connectivity index (χ3v) is 4.57. The largest absolute Gasteiger partial charge is 0.465 e. The number of alkyl halides is 1. The summed E-state index contributed by atoms with van der Waals surface area (Å²) in [6, 6.07) is 0. The first kappa shape index (κ1) is 13.4. The van der Waals surface area contributed by atoms with E-state index in [1.807, 2.05) is 12.3 Å². The lowest BCUT2D eigenvalue weighted by molar-refractivity contribution is -0.117. The van der Waals surface area contributed by atoms with E-state index in [4.69, 9.17) is 16.3 Å². The molecular formula is C12H14ClNO3S. The number of carbonyl (C=O) groups is 2. The van der Waals surface area contributed by atoms with Crippen molar-refractivity contribution in [2.45, 2.75) is 13.3 Å². The summed E-state index contributed by atoms with van der Waals surface area (Å²) in [7, 11) is 1.34. The van der Waals surface area contributed by atoms with Gasteiger partial charge in [0.25, 0.3) is 0 Å². The van der Waals surface area contributed by atoms with E-state index >= 15 is 0 Å². The summed E-state index contributed by atoms with van der Waals surface area (Å²) in [5, 5.41) is 2.54. The minimum atomic E-state index is -0.397. The molecule has 0 saturated carbocycles. The van der Waals surface area contributed by atoms with Crippen molar-refractivity contribution in [3.63, 3.8) is 0 Å². The second-order valence-electron chi connectivity index (χ2n) is 4.32. The highest BCUT2D eigenvalue weighted by Crippen LogP contribution is 2.36. The molecule has 1 aliphatic rings. The monoisotopic (exact) mass is 287 g/mol. The van der Waals surface area contributed by atoms with E-state index in [1.54, 1.807) is 4.90 Å². The van der Waals surface area contributed by atoms with Gasteiger partial charge in [-0.05, 0) is 23.8 Å². The SMILES string of the molecule is COC(=O)c1c(C)csc1N1CC(CCl)CC1=O. The van der Waals surface area contributed by atoms with Gasteiger partial charge in [-0.15, -0.1) is 22.9 Å². The fourth-order valence-corrected chi connectivity index (χ4v) is 3.34. The Kier molecular flexibility index (Phi) is 3.92. The summed E-state index contributed by atoms with van der Waals surface area (Å²) >= 11 is 7.19. The zero-order valence-corrected chi connectivity index (χ0v) is 11.8. The Balaban J connectivity index is 2.34. The molecule has 0 radical (unpaired) electrons. The fourth-order valence-electron chi connectivity index (χ4n) is 2.06. The Morgan fingerprint density at radius 2 is 2.39 bits per heavy atom. The first-order valence-electron chi connectivity index (χ1n) is 5.61. The van der Waals surface area contributed by atoms with Crippen molar-refractivity contribution < 1.29 is 14.3 Å². The lowest BCUT2D eigenvalue weighted by Gasteiger charge is -2.16. The number of carbonyl (C=O) groups excluding carboxylic acids is 2. The summed E-state index contributed by atoms with van der Waals surface area (Å²) in [5.41, 5.74) is 1.33. The highest BCUT2D eigenvalue weighted by Gasteiger charge is 2.34. The van der Waals surface area contributed by atoms with Gasteiger partial charge in [0, 0.05) is 18.8 Å². The van der Waals surface area contributed by atoms with Crippen LogP contribution in [0.1, 0.15) is 22.3 Å². The maximum atomic E-state index is 11.9. The van der Waals surface area contributed by atoms with Crippen LogP contribution in [0.5, 0.6) is 0 Å². The zero-order chi connectivity index (χ0) is 13.3.